The van der Waals surface area contributed by atoms with E-state index < -0.39 is 0 Å². The molecule has 0 spiro atoms. The zero-order valence-corrected chi connectivity index (χ0v) is 10.8. The van der Waals surface area contributed by atoms with Gasteiger partial charge in [-0.15, -0.1) is 0 Å². The zero-order valence-electron chi connectivity index (χ0n) is 10.8. The van der Waals surface area contributed by atoms with Crippen LogP contribution in [-0.4, -0.2) is 18.1 Å². The van der Waals surface area contributed by atoms with Gasteiger partial charge in [0.2, 0.25) is 5.88 Å². The Kier molecular flexibility index (Phi) is 3.75. The van der Waals surface area contributed by atoms with Gasteiger partial charge in [0.05, 0.1) is 0 Å². The van der Waals surface area contributed by atoms with E-state index in [4.69, 9.17) is 4.74 Å². The smallest absolute Gasteiger partial charge is 0.213 e. The Morgan fingerprint density at radius 1 is 1.11 bits per heavy atom. The Morgan fingerprint density at radius 3 is 2.63 bits per heavy atom. The molecule has 1 aliphatic heterocycles. The van der Waals surface area contributed by atoms with Gasteiger partial charge < -0.3 is 10.1 Å². The number of pyridine rings is 1. The van der Waals surface area contributed by atoms with Crippen LogP contribution in [0.25, 0.3) is 0 Å². The van der Waals surface area contributed by atoms with Crippen molar-refractivity contribution < 1.29 is 4.74 Å². The molecule has 19 heavy (non-hydrogen) atoms. The van der Waals surface area contributed by atoms with Crippen molar-refractivity contribution in [1.82, 2.24) is 10.3 Å². The number of hydrogen-bond donors (Lipinski definition) is 1. The highest BCUT2D eigenvalue weighted by Crippen LogP contribution is 2.30. The second-order valence-corrected chi connectivity index (χ2v) is 4.87. The Balaban J connectivity index is 1.84. The lowest BCUT2D eigenvalue weighted by atomic mass is 9.95. The summed E-state index contributed by atoms with van der Waals surface area (Å²) in [6, 6.07) is 16.2. The molecule has 0 radical (unpaired) electrons. The molecule has 1 aromatic carbocycles. The third-order valence-electron chi connectivity index (χ3n) is 3.54. The van der Waals surface area contributed by atoms with Crippen molar-refractivity contribution in [2.75, 3.05) is 13.1 Å². The van der Waals surface area contributed by atoms with Gasteiger partial charge in [-0.05, 0) is 24.6 Å². The summed E-state index contributed by atoms with van der Waals surface area (Å²) in [7, 11) is 0. The van der Waals surface area contributed by atoms with Crippen LogP contribution in [0.15, 0.2) is 54.7 Å². The fraction of sp³-hybridized carbons (Fsp3) is 0.312. The number of aromatic nitrogens is 1. The first-order valence-corrected chi connectivity index (χ1v) is 6.77. The van der Waals surface area contributed by atoms with Crippen molar-refractivity contribution >= 4 is 0 Å². The molecule has 1 saturated heterocycles. The normalized spacial score (nSPS) is 20.1. The van der Waals surface area contributed by atoms with Gasteiger partial charge in [-0.1, -0.05) is 36.4 Å². The van der Waals surface area contributed by atoms with Crippen LogP contribution in [0.1, 0.15) is 18.1 Å². The minimum absolute atomic E-state index is 0.0751. The molecule has 1 N–H and O–H groups in total. The zero-order chi connectivity index (χ0) is 12.9. The van der Waals surface area contributed by atoms with Crippen LogP contribution in [-0.2, 0) is 0 Å². The summed E-state index contributed by atoms with van der Waals surface area (Å²) in [5.41, 5.74) is 1.22. The molecule has 0 saturated carbocycles. The molecule has 98 valence electrons. The van der Waals surface area contributed by atoms with E-state index in [1.54, 1.807) is 6.20 Å². The fourth-order valence-electron chi connectivity index (χ4n) is 2.56. The summed E-state index contributed by atoms with van der Waals surface area (Å²) >= 11 is 0. The van der Waals surface area contributed by atoms with Gasteiger partial charge in [0.1, 0.15) is 6.10 Å². The van der Waals surface area contributed by atoms with Crippen LogP contribution in [0.4, 0.5) is 0 Å². The van der Waals surface area contributed by atoms with E-state index in [-0.39, 0.29) is 6.10 Å². The molecule has 2 aromatic rings. The molecule has 1 fully saturated rings. The van der Waals surface area contributed by atoms with Gasteiger partial charge in [0.25, 0.3) is 0 Å². The Bertz CT molecular complexity index is 495. The molecule has 1 aliphatic rings. The second-order valence-electron chi connectivity index (χ2n) is 4.87. The average Bonchev–Trinajstić information content (AvgIpc) is 3.01. The fourth-order valence-corrected chi connectivity index (χ4v) is 2.56. The standard InChI is InChI=1S/C16H18N2O/c1-2-6-13(7-3-1)16(14-9-11-17-12-14)19-15-8-4-5-10-18-15/h1-8,10,14,16-17H,9,11-12H2. The van der Waals surface area contributed by atoms with Gasteiger partial charge in [-0.3, -0.25) is 0 Å². The Hall–Kier alpha value is -1.87. The number of benzene rings is 1. The van der Waals surface area contributed by atoms with Crippen molar-refractivity contribution in [2.24, 2.45) is 5.92 Å². The van der Waals surface area contributed by atoms with Crippen LogP contribution in [0.2, 0.25) is 0 Å². The monoisotopic (exact) mass is 254 g/mol. The van der Waals surface area contributed by atoms with Crippen molar-refractivity contribution in [1.29, 1.82) is 0 Å². The largest absolute Gasteiger partial charge is 0.469 e. The predicted octanol–water partition coefficient (Wildman–Crippen LogP) is 2.81. The molecule has 2 heterocycles. The van der Waals surface area contributed by atoms with Crippen LogP contribution < -0.4 is 10.1 Å². The lowest BCUT2D eigenvalue weighted by molar-refractivity contribution is 0.138. The minimum atomic E-state index is 0.0751. The summed E-state index contributed by atoms with van der Waals surface area (Å²) in [6.45, 7) is 2.08. The Morgan fingerprint density at radius 2 is 1.95 bits per heavy atom. The van der Waals surface area contributed by atoms with Gasteiger partial charge in [-0.2, -0.15) is 0 Å². The molecule has 0 amide bonds. The maximum atomic E-state index is 6.13. The van der Waals surface area contributed by atoms with Crippen LogP contribution in [0, 0.1) is 5.92 Å². The summed E-state index contributed by atoms with van der Waals surface area (Å²) < 4.78 is 6.13. The van der Waals surface area contributed by atoms with Gasteiger partial charge in [-0.25, -0.2) is 4.98 Å². The van der Waals surface area contributed by atoms with E-state index in [2.05, 4.69) is 34.6 Å². The number of nitrogens with one attached hydrogen (secondary N) is 1. The molecule has 3 nitrogen and oxygen atoms in total. The quantitative estimate of drug-likeness (QED) is 0.911. The summed E-state index contributed by atoms with van der Waals surface area (Å²) in [5.74, 6) is 1.20. The van der Waals surface area contributed by atoms with Crippen LogP contribution in [0.3, 0.4) is 0 Å². The number of hydrogen-bond acceptors (Lipinski definition) is 3. The second kappa shape index (κ2) is 5.85. The molecular weight excluding hydrogens is 236 g/mol. The lowest BCUT2D eigenvalue weighted by Gasteiger charge is -2.24. The van der Waals surface area contributed by atoms with E-state index in [0.717, 1.165) is 19.5 Å². The number of nitrogens with zero attached hydrogens (tertiary/aromatic N) is 1. The average molecular weight is 254 g/mol. The summed E-state index contributed by atoms with van der Waals surface area (Å²) in [5, 5.41) is 3.41. The third-order valence-corrected chi connectivity index (χ3v) is 3.54. The SMILES string of the molecule is c1ccc(C(Oc2ccccn2)C2CCNC2)cc1. The van der Waals surface area contributed by atoms with Crippen molar-refractivity contribution in [2.45, 2.75) is 12.5 Å². The van der Waals surface area contributed by atoms with Crippen molar-refractivity contribution in [3.8, 4) is 5.88 Å². The number of ether oxygens (including phenoxy) is 1. The predicted molar refractivity (Wildman–Crippen MR) is 75.0 cm³/mol. The van der Waals surface area contributed by atoms with Crippen LogP contribution in [0.5, 0.6) is 5.88 Å². The highest BCUT2D eigenvalue weighted by Gasteiger charge is 2.28. The van der Waals surface area contributed by atoms with Gasteiger partial charge in [0, 0.05) is 24.7 Å². The minimum Gasteiger partial charge on any atom is -0.469 e. The molecular formula is C16H18N2O. The third kappa shape index (κ3) is 2.93. The maximum absolute atomic E-state index is 6.13. The van der Waals surface area contributed by atoms with E-state index in [9.17, 15) is 0 Å². The molecule has 0 aliphatic carbocycles. The highest BCUT2D eigenvalue weighted by atomic mass is 16.5. The Labute approximate surface area is 113 Å². The molecule has 1 aromatic heterocycles. The van der Waals surface area contributed by atoms with Crippen molar-refractivity contribution in [3.05, 3.63) is 60.3 Å². The summed E-state index contributed by atoms with van der Waals surface area (Å²) in [6.07, 6.45) is 2.99. The molecule has 0 bridgehead atoms. The van der Waals surface area contributed by atoms with E-state index in [1.165, 1.54) is 5.56 Å². The topological polar surface area (TPSA) is 34.1 Å². The molecule has 3 rings (SSSR count). The molecule has 3 heteroatoms. The first-order chi connectivity index (χ1) is 9.43. The first kappa shape index (κ1) is 12.2. The lowest BCUT2D eigenvalue weighted by Crippen LogP contribution is -2.21. The maximum Gasteiger partial charge on any atom is 0.213 e. The van der Waals surface area contributed by atoms with Crippen LogP contribution >= 0.6 is 0 Å². The first-order valence-electron chi connectivity index (χ1n) is 6.77. The van der Waals surface area contributed by atoms with E-state index in [0.29, 0.717) is 11.8 Å². The van der Waals surface area contributed by atoms with Gasteiger partial charge in [0.15, 0.2) is 0 Å². The van der Waals surface area contributed by atoms with Gasteiger partial charge >= 0.3 is 0 Å². The van der Waals surface area contributed by atoms with Crippen molar-refractivity contribution in [3.63, 3.8) is 0 Å². The number of rotatable bonds is 4. The molecule has 2 atom stereocenters. The molecule has 2 unspecified atom stereocenters. The van der Waals surface area contributed by atoms with E-state index >= 15 is 0 Å². The summed E-state index contributed by atoms with van der Waals surface area (Å²) in [4.78, 5) is 4.27. The highest BCUT2D eigenvalue weighted by molar-refractivity contribution is 5.21. The van der Waals surface area contributed by atoms with E-state index in [1.807, 2.05) is 24.3 Å².